The highest BCUT2D eigenvalue weighted by atomic mass is 19.1. The van der Waals surface area contributed by atoms with Crippen LogP contribution in [0.2, 0.25) is 0 Å². The van der Waals surface area contributed by atoms with Gasteiger partial charge in [-0.2, -0.15) is 0 Å². The minimum atomic E-state index is -0.669. The van der Waals surface area contributed by atoms with Gasteiger partial charge in [0.05, 0.1) is 7.11 Å². The van der Waals surface area contributed by atoms with Crippen LogP contribution in [0.15, 0.2) is 12.1 Å². The standard InChI is InChI=1S/C10H13FO3/c1-14-8-5-4-7(3-2-6-12)9(11)10(8)13/h4-5,12-13H,2-3,6H2,1H3. The van der Waals surface area contributed by atoms with Crippen LogP contribution in [-0.4, -0.2) is 23.9 Å². The van der Waals surface area contributed by atoms with E-state index in [0.717, 1.165) is 0 Å². The fourth-order valence-corrected chi connectivity index (χ4v) is 1.22. The van der Waals surface area contributed by atoms with Gasteiger partial charge >= 0.3 is 0 Å². The SMILES string of the molecule is COc1ccc(CCCO)c(F)c1O. The molecule has 2 N–H and O–H groups in total. The minimum absolute atomic E-state index is 0.00618. The van der Waals surface area contributed by atoms with Crippen molar-refractivity contribution >= 4 is 0 Å². The monoisotopic (exact) mass is 200 g/mol. The first-order valence-electron chi connectivity index (χ1n) is 4.36. The highest BCUT2D eigenvalue weighted by Crippen LogP contribution is 2.31. The van der Waals surface area contributed by atoms with Crippen LogP contribution < -0.4 is 4.74 Å². The van der Waals surface area contributed by atoms with E-state index < -0.39 is 11.6 Å². The smallest absolute Gasteiger partial charge is 0.194 e. The average Bonchev–Trinajstić information content (AvgIpc) is 2.20. The van der Waals surface area contributed by atoms with Gasteiger partial charge in [0.1, 0.15) is 0 Å². The van der Waals surface area contributed by atoms with Gasteiger partial charge in [-0.3, -0.25) is 0 Å². The summed E-state index contributed by atoms with van der Waals surface area (Å²) in [6.45, 7) is 0.00618. The first-order chi connectivity index (χ1) is 6.70. The van der Waals surface area contributed by atoms with Gasteiger partial charge in [-0.05, 0) is 24.5 Å². The van der Waals surface area contributed by atoms with Crippen molar-refractivity contribution in [3.05, 3.63) is 23.5 Å². The quantitative estimate of drug-likeness (QED) is 0.773. The number of ether oxygens (including phenoxy) is 1. The van der Waals surface area contributed by atoms with Crippen LogP contribution in [0.5, 0.6) is 11.5 Å². The number of rotatable bonds is 4. The number of aryl methyl sites for hydroxylation is 1. The summed E-state index contributed by atoms with van der Waals surface area (Å²) in [5, 5.41) is 17.9. The number of hydrogen-bond acceptors (Lipinski definition) is 3. The molecule has 1 aromatic rings. The molecule has 0 fully saturated rings. The number of halogens is 1. The Morgan fingerprint density at radius 2 is 2.14 bits per heavy atom. The normalized spacial score (nSPS) is 10.2. The zero-order chi connectivity index (χ0) is 10.6. The van der Waals surface area contributed by atoms with E-state index in [2.05, 4.69) is 0 Å². The lowest BCUT2D eigenvalue weighted by molar-refractivity contribution is 0.287. The fraction of sp³-hybridized carbons (Fsp3) is 0.400. The van der Waals surface area contributed by atoms with E-state index in [0.29, 0.717) is 18.4 Å². The molecule has 0 aromatic heterocycles. The number of aliphatic hydroxyl groups is 1. The molecule has 0 amide bonds. The molecule has 0 bridgehead atoms. The molecule has 0 unspecified atom stereocenters. The van der Waals surface area contributed by atoms with Gasteiger partial charge in [-0.1, -0.05) is 6.07 Å². The molecule has 78 valence electrons. The Morgan fingerprint density at radius 3 is 2.71 bits per heavy atom. The van der Waals surface area contributed by atoms with E-state index >= 15 is 0 Å². The highest BCUT2D eigenvalue weighted by molar-refractivity contribution is 5.43. The Kier molecular flexibility index (Phi) is 3.71. The number of aromatic hydroxyl groups is 1. The number of phenolic OH excluding ortho intramolecular Hbond substituents is 1. The first-order valence-corrected chi connectivity index (χ1v) is 4.36. The second-order valence-corrected chi connectivity index (χ2v) is 2.92. The van der Waals surface area contributed by atoms with Crippen molar-refractivity contribution in [1.82, 2.24) is 0 Å². The third kappa shape index (κ3) is 2.14. The van der Waals surface area contributed by atoms with Crippen molar-refractivity contribution in [2.75, 3.05) is 13.7 Å². The topological polar surface area (TPSA) is 49.7 Å². The maximum atomic E-state index is 13.4. The molecule has 0 aliphatic heterocycles. The van der Waals surface area contributed by atoms with Crippen LogP contribution in [-0.2, 0) is 6.42 Å². The summed E-state index contributed by atoms with van der Waals surface area (Å²) in [6, 6.07) is 3.05. The molecule has 0 heterocycles. The predicted molar refractivity (Wildman–Crippen MR) is 50.0 cm³/mol. The zero-order valence-corrected chi connectivity index (χ0v) is 7.96. The minimum Gasteiger partial charge on any atom is -0.502 e. The van der Waals surface area contributed by atoms with E-state index in [4.69, 9.17) is 9.84 Å². The molecule has 1 aromatic carbocycles. The van der Waals surface area contributed by atoms with Crippen molar-refractivity contribution in [3.8, 4) is 11.5 Å². The Balaban J connectivity index is 2.92. The molecule has 0 spiro atoms. The van der Waals surface area contributed by atoms with E-state index in [-0.39, 0.29) is 12.4 Å². The molecule has 0 radical (unpaired) electrons. The number of aliphatic hydroxyl groups excluding tert-OH is 1. The molecule has 0 aliphatic rings. The lowest BCUT2D eigenvalue weighted by atomic mass is 10.1. The maximum Gasteiger partial charge on any atom is 0.194 e. The van der Waals surface area contributed by atoms with E-state index in [1.807, 2.05) is 0 Å². The van der Waals surface area contributed by atoms with Gasteiger partial charge < -0.3 is 14.9 Å². The van der Waals surface area contributed by atoms with Crippen molar-refractivity contribution in [1.29, 1.82) is 0 Å². The second-order valence-electron chi connectivity index (χ2n) is 2.92. The summed E-state index contributed by atoms with van der Waals surface area (Å²) in [5.41, 5.74) is 0.386. The summed E-state index contributed by atoms with van der Waals surface area (Å²) in [7, 11) is 1.36. The summed E-state index contributed by atoms with van der Waals surface area (Å²) < 4.78 is 18.1. The molecule has 3 nitrogen and oxygen atoms in total. The van der Waals surface area contributed by atoms with Gasteiger partial charge in [0, 0.05) is 6.61 Å². The van der Waals surface area contributed by atoms with Gasteiger partial charge in [0.15, 0.2) is 17.3 Å². The Morgan fingerprint density at radius 1 is 1.43 bits per heavy atom. The van der Waals surface area contributed by atoms with Crippen LogP contribution in [0.4, 0.5) is 4.39 Å². The van der Waals surface area contributed by atoms with Gasteiger partial charge in [-0.25, -0.2) is 4.39 Å². The molecule has 0 saturated carbocycles. The second kappa shape index (κ2) is 4.81. The third-order valence-electron chi connectivity index (χ3n) is 1.98. The van der Waals surface area contributed by atoms with E-state index in [9.17, 15) is 9.50 Å². The molecule has 0 saturated heterocycles. The van der Waals surface area contributed by atoms with Crippen molar-refractivity contribution in [2.24, 2.45) is 0 Å². The van der Waals surface area contributed by atoms with Gasteiger partial charge in [0.25, 0.3) is 0 Å². The van der Waals surface area contributed by atoms with Gasteiger partial charge in [0.2, 0.25) is 0 Å². The molecular formula is C10H13FO3. The molecule has 0 aliphatic carbocycles. The maximum absolute atomic E-state index is 13.4. The summed E-state index contributed by atoms with van der Waals surface area (Å²) in [4.78, 5) is 0. The van der Waals surface area contributed by atoms with Crippen LogP contribution in [0, 0.1) is 5.82 Å². The lowest BCUT2D eigenvalue weighted by Gasteiger charge is -2.07. The Labute approximate surface area is 81.8 Å². The Hall–Kier alpha value is -1.29. The molecule has 0 atom stereocenters. The van der Waals surface area contributed by atoms with Crippen LogP contribution in [0.1, 0.15) is 12.0 Å². The summed E-state index contributed by atoms with van der Waals surface area (Å²) >= 11 is 0. The summed E-state index contributed by atoms with van der Waals surface area (Å²) in [6.07, 6.45) is 0.878. The first kappa shape index (κ1) is 10.8. The molecular weight excluding hydrogens is 187 g/mol. The molecule has 14 heavy (non-hydrogen) atoms. The van der Waals surface area contributed by atoms with Crippen molar-refractivity contribution in [3.63, 3.8) is 0 Å². The third-order valence-corrected chi connectivity index (χ3v) is 1.98. The van der Waals surface area contributed by atoms with Gasteiger partial charge in [-0.15, -0.1) is 0 Å². The largest absolute Gasteiger partial charge is 0.502 e. The van der Waals surface area contributed by atoms with Crippen molar-refractivity contribution in [2.45, 2.75) is 12.8 Å². The molecule has 4 heteroatoms. The van der Waals surface area contributed by atoms with Crippen molar-refractivity contribution < 1.29 is 19.3 Å². The Bertz CT molecular complexity index is 312. The summed E-state index contributed by atoms with van der Waals surface area (Å²) in [5.74, 6) is -1.02. The van der Waals surface area contributed by atoms with Crippen LogP contribution >= 0.6 is 0 Å². The van der Waals surface area contributed by atoms with E-state index in [1.54, 1.807) is 6.07 Å². The zero-order valence-electron chi connectivity index (χ0n) is 7.96. The number of benzene rings is 1. The van der Waals surface area contributed by atoms with Crippen LogP contribution in [0.3, 0.4) is 0 Å². The average molecular weight is 200 g/mol. The number of methoxy groups -OCH3 is 1. The predicted octanol–water partition coefficient (Wildman–Crippen LogP) is 1.46. The number of phenols is 1. The lowest BCUT2D eigenvalue weighted by Crippen LogP contribution is -1.95. The van der Waals surface area contributed by atoms with Crippen LogP contribution in [0.25, 0.3) is 0 Å². The number of hydrogen-bond donors (Lipinski definition) is 2. The fourth-order valence-electron chi connectivity index (χ4n) is 1.22. The highest BCUT2D eigenvalue weighted by Gasteiger charge is 2.12. The molecule has 1 rings (SSSR count). The van der Waals surface area contributed by atoms with E-state index in [1.165, 1.54) is 13.2 Å².